The number of hydrogen-bond acceptors (Lipinski definition) is 7. The standard InChI is InChI=1S/C26H36N2O6/c1-6-28(7-2)14-16-34-25-18-21(11-13-22(25)31-4)27-26(30)9-8-15-33-23-12-10-20(19(3)29)17-24(23)32-5/h10-13,17-18H,6-9,14-16H2,1-5H3,(H,27,30). The van der Waals surface area contributed by atoms with Crippen molar-refractivity contribution in [3.63, 3.8) is 0 Å². The Morgan fingerprint density at radius 3 is 2.18 bits per heavy atom. The van der Waals surface area contributed by atoms with Crippen LogP contribution in [-0.4, -0.2) is 63.7 Å². The van der Waals surface area contributed by atoms with E-state index in [2.05, 4.69) is 24.1 Å². The molecule has 34 heavy (non-hydrogen) atoms. The summed E-state index contributed by atoms with van der Waals surface area (Å²) in [5.74, 6) is 2.07. The highest BCUT2D eigenvalue weighted by molar-refractivity contribution is 5.94. The summed E-state index contributed by atoms with van der Waals surface area (Å²) >= 11 is 0. The van der Waals surface area contributed by atoms with Crippen molar-refractivity contribution < 1.29 is 28.5 Å². The van der Waals surface area contributed by atoms with Crippen LogP contribution in [0.1, 0.15) is 44.0 Å². The number of carbonyl (C=O) groups is 2. The normalized spacial score (nSPS) is 10.6. The molecular weight excluding hydrogens is 436 g/mol. The van der Waals surface area contributed by atoms with Crippen molar-refractivity contribution in [2.45, 2.75) is 33.6 Å². The van der Waals surface area contributed by atoms with Gasteiger partial charge in [0.15, 0.2) is 28.8 Å². The van der Waals surface area contributed by atoms with Crippen LogP contribution in [0, 0.1) is 0 Å². The van der Waals surface area contributed by atoms with Gasteiger partial charge in [-0.3, -0.25) is 9.59 Å². The highest BCUT2D eigenvalue weighted by Gasteiger charge is 2.11. The maximum atomic E-state index is 12.4. The Labute approximate surface area is 202 Å². The van der Waals surface area contributed by atoms with E-state index in [1.54, 1.807) is 43.5 Å². The van der Waals surface area contributed by atoms with E-state index in [0.29, 0.717) is 53.9 Å². The van der Waals surface area contributed by atoms with Crippen LogP contribution >= 0.6 is 0 Å². The number of hydrogen-bond donors (Lipinski definition) is 1. The van der Waals surface area contributed by atoms with Gasteiger partial charge in [-0.2, -0.15) is 0 Å². The predicted molar refractivity (Wildman–Crippen MR) is 133 cm³/mol. The Morgan fingerprint density at radius 1 is 0.853 bits per heavy atom. The molecule has 0 bridgehead atoms. The minimum absolute atomic E-state index is 0.0440. The molecule has 1 N–H and O–H groups in total. The van der Waals surface area contributed by atoms with Crippen molar-refractivity contribution in [3.05, 3.63) is 42.0 Å². The number of nitrogens with one attached hydrogen (secondary N) is 1. The van der Waals surface area contributed by atoms with Gasteiger partial charge in [0.25, 0.3) is 0 Å². The minimum atomic E-state index is -0.123. The van der Waals surface area contributed by atoms with Gasteiger partial charge >= 0.3 is 0 Å². The van der Waals surface area contributed by atoms with Gasteiger partial charge in [-0.15, -0.1) is 0 Å². The van der Waals surface area contributed by atoms with Crippen LogP contribution in [0.2, 0.25) is 0 Å². The average molecular weight is 473 g/mol. The summed E-state index contributed by atoms with van der Waals surface area (Å²) in [6, 6.07) is 10.4. The second kappa shape index (κ2) is 14.1. The monoisotopic (exact) mass is 472 g/mol. The lowest BCUT2D eigenvalue weighted by Crippen LogP contribution is -2.28. The molecule has 0 aliphatic carbocycles. The Bertz CT molecular complexity index is 943. The number of amides is 1. The first-order valence-electron chi connectivity index (χ1n) is 11.6. The van der Waals surface area contributed by atoms with E-state index in [1.807, 2.05) is 0 Å². The molecule has 186 valence electrons. The summed E-state index contributed by atoms with van der Waals surface area (Å²) in [7, 11) is 3.11. The molecule has 0 aliphatic heterocycles. The summed E-state index contributed by atoms with van der Waals surface area (Å²) < 4.78 is 22.3. The van der Waals surface area contributed by atoms with Crippen molar-refractivity contribution in [1.29, 1.82) is 0 Å². The quantitative estimate of drug-likeness (QED) is 0.303. The van der Waals surface area contributed by atoms with Crippen molar-refractivity contribution in [2.24, 2.45) is 0 Å². The van der Waals surface area contributed by atoms with Gasteiger partial charge in [-0.1, -0.05) is 13.8 Å². The lowest BCUT2D eigenvalue weighted by atomic mass is 10.1. The molecule has 0 spiro atoms. The van der Waals surface area contributed by atoms with Crippen molar-refractivity contribution in [2.75, 3.05) is 52.4 Å². The predicted octanol–water partition coefficient (Wildman–Crippen LogP) is 4.42. The second-order valence-corrected chi connectivity index (χ2v) is 7.66. The first-order chi connectivity index (χ1) is 16.4. The molecule has 8 heteroatoms. The number of benzene rings is 2. The molecule has 2 rings (SSSR count). The number of ketones is 1. The van der Waals surface area contributed by atoms with Gasteiger partial charge in [0, 0.05) is 30.3 Å². The third kappa shape index (κ3) is 8.26. The molecule has 0 radical (unpaired) electrons. The molecule has 0 unspecified atom stereocenters. The zero-order chi connectivity index (χ0) is 24.9. The molecule has 0 atom stereocenters. The van der Waals surface area contributed by atoms with E-state index in [4.69, 9.17) is 18.9 Å². The van der Waals surface area contributed by atoms with Gasteiger partial charge in [0.1, 0.15) is 6.61 Å². The van der Waals surface area contributed by atoms with Crippen LogP contribution in [-0.2, 0) is 4.79 Å². The van der Waals surface area contributed by atoms with Crippen LogP contribution in [0.3, 0.4) is 0 Å². The van der Waals surface area contributed by atoms with Crippen LogP contribution in [0.5, 0.6) is 23.0 Å². The number of likely N-dealkylation sites (N-methyl/N-ethyl adjacent to an activating group) is 1. The fourth-order valence-electron chi connectivity index (χ4n) is 3.34. The number of ether oxygens (including phenoxy) is 4. The Balaban J connectivity index is 1.85. The summed E-state index contributed by atoms with van der Waals surface area (Å²) in [6.45, 7) is 9.35. The second-order valence-electron chi connectivity index (χ2n) is 7.66. The van der Waals surface area contributed by atoms with Crippen LogP contribution < -0.4 is 24.3 Å². The van der Waals surface area contributed by atoms with Crippen LogP contribution in [0.4, 0.5) is 5.69 Å². The highest BCUT2D eigenvalue weighted by Crippen LogP contribution is 2.31. The molecule has 0 aliphatic rings. The molecule has 0 saturated heterocycles. The number of Topliss-reactive ketones (excluding diaryl/α,β-unsaturated/α-hetero) is 1. The molecule has 2 aromatic rings. The molecule has 0 saturated carbocycles. The van der Waals surface area contributed by atoms with E-state index in [0.717, 1.165) is 19.6 Å². The van der Waals surface area contributed by atoms with Crippen molar-refractivity contribution in [1.82, 2.24) is 4.90 Å². The highest BCUT2D eigenvalue weighted by atomic mass is 16.5. The summed E-state index contributed by atoms with van der Waals surface area (Å²) in [6.07, 6.45) is 0.810. The third-order valence-electron chi connectivity index (χ3n) is 5.38. The molecule has 2 aromatic carbocycles. The summed E-state index contributed by atoms with van der Waals surface area (Å²) in [5.41, 5.74) is 1.20. The van der Waals surface area contributed by atoms with E-state index in [1.165, 1.54) is 14.0 Å². The molecule has 8 nitrogen and oxygen atoms in total. The van der Waals surface area contributed by atoms with E-state index < -0.39 is 0 Å². The number of rotatable bonds is 15. The Morgan fingerprint density at radius 2 is 1.53 bits per heavy atom. The smallest absolute Gasteiger partial charge is 0.224 e. The van der Waals surface area contributed by atoms with E-state index in [9.17, 15) is 9.59 Å². The van der Waals surface area contributed by atoms with Crippen molar-refractivity contribution >= 4 is 17.4 Å². The zero-order valence-corrected chi connectivity index (χ0v) is 20.8. The Kier molecular flexibility index (Phi) is 11.2. The fraction of sp³-hybridized carbons (Fsp3) is 0.462. The maximum Gasteiger partial charge on any atom is 0.224 e. The third-order valence-corrected chi connectivity index (χ3v) is 5.38. The van der Waals surface area contributed by atoms with Gasteiger partial charge in [0.2, 0.25) is 5.91 Å². The number of methoxy groups -OCH3 is 2. The molecule has 0 heterocycles. The SMILES string of the molecule is CCN(CC)CCOc1cc(NC(=O)CCCOc2ccc(C(C)=O)cc2OC)ccc1OC. The first-order valence-corrected chi connectivity index (χ1v) is 11.6. The van der Waals surface area contributed by atoms with Gasteiger partial charge in [-0.25, -0.2) is 0 Å². The van der Waals surface area contributed by atoms with Crippen molar-refractivity contribution in [3.8, 4) is 23.0 Å². The maximum absolute atomic E-state index is 12.4. The molecule has 1 amide bonds. The number of anilines is 1. The summed E-state index contributed by atoms with van der Waals surface area (Å²) in [4.78, 5) is 26.2. The van der Waals surface area contributed by atoms with Gasteiger partial charge < -0.3 is 29.2 Å². The molecular formula is C26H36N2O6. The van der Waals surface area contributed by atoms with Crippen LogP contribution in [0.15, 0.2) is 36.4 Å². The van der Waals surface area contributed by atoms with E-state index >= 15 is 0 Å². The lowest BCUT2D eigenvalue weighted by Gasteiger charge is -2.19. The molecule has 0 fully saturated rings. The number of nitrogens with zero attached hydrogens (tertiary/aromatic N) is 1. The molecule has 0 aromatic heterocycles. The van der Waals surface area contributed by atoms with Gasteiger partial charge in [0.05, 0.1) is 20.8 Å². The fourth-order valence-corrected chi connectivity index (χ4v) is 3.34. The van der Waals surface area contributed by atoms with E-state index in [-0.39, 0.29) is 18.1 Å². The summed E-state index contributed by atoms with van der Waals surface area (Å²) in [5, 5.41) is 2.89. The minimum Gasteiger partial charge on any atom is -0.493 e. The number of carbonyl (C=O) groups excluding carboxylic acids is 2. The lowest BCUT2D eigenvalue weighted by molar-refractivity contribution is -0.116. The largest absolute Gasteiger partial charge is 0.493 e. The Hall–Kier alpha value is -3.26. The topological polar surface area (TPSA) is 86.3 Å². The first kappa shape index (κ1) is 27.0. The van der Waals surface area contributed by atoms with Gasteiger partial charge in [-0.05, 0) is 56.8 Å². The van der Waals surface area contributed by atoms with Crippen LogP contribution in [0.25, 0.3) is 0 Å². The average Bonchev–Trinajstić information content (AvgIpc) is 2.84. The zero-order valence-electron chi connectivity index (χ0n) is 20.8.